The molecule has 0 fully saturated rings. The summed E-state index contributed by atoms with van der Waals surface area (Å²) in [5.41, 5.74) is 0.204. The number of halogens is 4. The lowest BCUT2D eigenvalue weighted by Crippen LogP contribution is -2.40. The van der Waals surface area contributed by atoms with Crippen LogP contribution in [0.4, 0.5) is 13.2 Å². The Bertz CT molecular complexity index is 1220. The van der Waals surface area contributed by atoms with Crippen LogP contribution in [0.25, 0.3) is 0 Å². The van der Waals surface area contributed by atoms with Crippen molar-refractivity contribution in [3.8, 4) is 0 Å². The SMILES string of the molecule is O=C(CN(Cc1ccccc1)S(=O)(=O)c1cccc(C(F)(F)F)c1)NCc1cccc(Cl)c1. The van der Waals surface area contributed by atoms with E-state index in [1.807, 2.05) is 0 Å². The topological polar surface area (TPSA) is 66.5 Å². The molecule has 3 aromatic rings. The Morgan fingerprint density at radius 1 is 0.909 bits per heavy atom. The molecule has 5 nitrogen and oxygen atoms in total. The Morgan fingerprint density at radius 2 is 1.58 bits per heavy atom. The Labute approximate surface area is 194 Å². The number of amides is 1. The highest BCUT2D eigenvalue weighted by Gasteiger charge is 2.33. The number of nitrogens with zero attached hydrogens (tertiary/aromatic N) is 1. The van der Waals surface area contributed by atoms with E-state index < -0.39 is 39.1 Å². The number of alkyl halides is 3. The van der Waals surface area contributed by atoms with Crippen molar-refractivity contribution in [2.75, 3.05) is 6.54 Å². The zero-order valence-electron chi connectivity index (χ0n) is 17.2. The molecular weight excluding hydrogens is 477 g/mol. The summed E-state index contributed by atoms with van der Waals surface area (Å²) in [6.07, 6.45) is -4.70. The van der Waals surface area contributed by atoms with Gasteiger partial charge in [-0.15, -0.1) is 0 Å². The first-order chi connectivity index (χ1) is 15.6. The van der Waals surface area contributed by atoms with E-state index in [9.17, 15) is 26.4 Å². The third kappa shape index (κ3) is 6.80. The van der Waals surface area contributed by atoms with Gasteiger partial charge in [0.05, 0.1) is 17.0 Å². The highest BCUT2D eigenvalue weighted by atomic mass is 35.5. The van der Waals surface area contributed by atoms with E-state index >= 15 is 0 Å². The lowest BCUT2D eigenvalue weighted by atomic mass is 10.2. The van der Waals surface area contributed by atoms with Gasteiger partial charge in [0.25, 0.3) is 0 Å². The van der Waals surface area contributed by atoms with E-state index in [1.54, 1.807) is 54.6 Å². The van der Waals surface area contributed by atoms with Crippen LogP contribution in [0.2, 0.25) is 5.02 Å². The fourth-order valence-corrected chi connectivity index (χ4v) is 4.70. The first-order valence-electron chi connectivity index (χ1n) is 9.78. The molecule has 10 heteroatoms. The molecule has 0 aliphatic heterocycles. The van der Waals surface area contributed by atoms with Gasteiger partial charge in [-0.1, -0.05) is 60.1 Å². The van der Waals surface area contributed by atoms with Crippen LogP contribution in [0.1, 0.15) is 16.7 Å². The summed E-state index contributed by atoms with van der Waals surface area (Å²) < 4.78 is 66.7. The number of hydrogen-bond donors (Lipinski definition) is 1. The summed E-state index contributed by atoms with van der Waals surface area (Å²) in [7, 11) is -4.42. The molecule has 0 spiro atoms. The minimum Gasteiger partial charge on any atom is -0.351 e. The molecule has 174 valence electrons. The van der Waals surface area contributed by atoms with Gasteiger partial charge < -0.3 is 5.32 Å². The summed E-state index contributed by atoms with van der Waals surface area (Å²) in [4.78, 5) is 12.0. The third-order valence-electron chi connectivity index (χ3n) is 4.70. The van der Waals surface area contributed by atoms with Gasteiger partial charge in [0.2, 0.25) is 15.9 Å². The molecule has 0 unspecified atom stereocenters. The average molecular weight is 497 g/mol. The van der Waals surface area contributed by atoms with Crippen molar-refractivity contribution in [3.63, 3.8) is 0 Å². The summed E-state index contributed by atoms with van der Waals surface area (Å²) in [5.74, 6) is -0.610. The summed E-state index contributed by atoms with van der Waals surface area (Å²) >= 11 is 5.93. The highest BCUT2D eigenvalue weighted by molar-refractivity contribution is 7.89. The van der Waals surface area contributed by atoms with Crippen LogP contribution in [0, 0.1) is 0 Å². The minimum absolute atomic E-state index is 0.113. The second-order valence-electron chi connectivity index (χ2n) is 7.19. The van der Waals surface area contributed by atoms with E-state index in [0.29, 0.717) is 22.2 Å². The molecule has 3 rings (SSSR count). The van der Waals surface area contributed by atoms with E-state index in [1.165, 1.54) is 0 Å². The normalized spacial score (nSPS) is 12.0. The van der Waals surface area contributed by atoms with Gasteiger partial charge in [0.1, 0.15) is 0 Å². The lowest BCUT2D eigenvalue weighted by molar-refractivity contribution is -0.137. The molecule has 1 N–H and O–H groups in total. The fourth-order valence-electron chi connectivity index (χ4n) is 3.06. The van der Waals surface area contributed by atoms with Crippen LogP contribution in [0.5, 0.6) is 0 Å². The molecule has 0 atom stereocenters. The molecule has 0 saturated carbocycles. The van der Waals surface area contributed by atoms with Crippen LogP contribution in [0.15, 0.2) is 83.8 Å². The predicted octanol–water partition coefficient (Wildman–Crippen LogP) is 4.87. The van der Waals surface area contributed by atoms with Crippen LogP contribution < -0.4 is 5.32 Å². The van der Waals surface area contributed by atoms with Gasteiger partial charge in [-0.3, -0.25) is 4.79 Å². The largest absolute Gasteiger partial charge is 0.416 e. The van der Waals surface area contributed by atoms with Crippen molar-refractivity contribution in [1.29, 1.82) is 0 Å². The lowest BCUT2D eigenvalue weighted by Gasteiger charge is -2.22. The van der Waals surface area contributed by atoms with Gasteiger partial charge in [-0.2, -0.15) is 17.5 Å². The molecule has 0 aliphatic rings. The number of nitrogens with one attached hydrogen (secondary N) is 1. The average Bonchev–Trinajstić information content (AvgIpc) is 2.77. The molecule has 0 bridgehead atoms. The summed E-state index contributed by atoms with van der Waals surface area (Å²) in [6, 6.07) is 18.7. The Kier molecular flexibility index (Phi) is 7.78. The standard InChI is InChI=1S/C23H20ClF3N2O3S/c24-20-10-4-8-18(12-20)14-28-22(30)16-29(15-17-6-2-1-3-7-17)33(31,32)21-11-5-9-19(13-21)23(25,26)27/h1-13H,14-16H2,(H,28,30). The second kappa shape index (κ2) is 10.4. The minimum atomic E-state index is -4.70. The number of benzene rings is 3. The monoisotopic (exact) mass is 496 g/mol. The van der Waals surface area contributed by atoms with Crippen molar-refractivity contribution in [2.45, 2.75) is 24.2 Å². The van der Waals surface area contributed by atoms with E-state index in [2.05, 4.69) is 5.32 Å². The highest BCUT2D eigenvalue weighted by Crippen LogP contribution is 2.31. The van der Waals surface area contributed by atoms with Gasteiger partial charge >= 0.3 is 6.18 Å². The smallest absolute Gasteiger partial charge is 0.351 e. The first kappa shape index (κ1) is 24.8. The molecule has 0 heterocycles. The van der Waals surface area contributed by atoms with E-state index in [-0.39, 0.29) is 13.1 Å². The summed E-state index contributed by atoms with van der Waals surface area (Å²) in [5, 5.41) is 3.10. The quantitative estimate of drug-likeness (QED) is 0.484. The molecule has 1 amide bonds. The number of sulfonamides is 1. The maximum atomic E-state index is 13.2. The maximum Gasteiger partial charge on any atom is 0.416 e. The van der Waals surface area contributed by atoms with Crippen molar-refractivity contribution in [2.24, 2.45) is 0 Å². The fraction of sp³-hybridized carbons (Fsp3) is 0.174. The molecule has 0 aliphatic carbocycles. The van der Waals surface area contributed by atoms with Crippen molar-refractivity contribution in [3.05, 3.63) is 101 Å². The Morgan fingerprint density at radius 3 is 2.24 bits per heavy atom. The number of rotatable bonds is 8. The van der Waals surface area contributed by atoms with Crippen LogP contribution in [-0.2, 0) is 34.1 Å². The van der Waals surface area contributed by atoms with Crippen molar-refractivity contribution < 1.29 is 26.4 Å². The van der Waals surface area contributed by atoms with E-state index in [4.69, 9.17) is 11.6 Å². The zero-order chi connectivity index (χ0) is 24.1. The summed E-state index contributed by atoms with van der Waals surface area (Å²) in [6.45, 7) is -0.653. The van der Waals surface area contributed by atoms with Gasteiger partial charge in [0, 0.05) is 18.1 Å². The number of hydrogen-bond acceptors (Lipinski definition) is 3. The van der Waals surface area contributed by atoms with Gasteiger partial charge in [-0.05, 0) is 41.5 Å². The van der Waals surface area contributed by atoms with Crippen LogP contribution in [0.3, 0.4) is 0 Å². The molecular formula is C23H20ClF3N2O3S. The molecule has 0 radical (unpaired) electrons. The Hall–Kier alpha value is -2.88. The third-order valence-corrected chi connectivity index (χ3v) is 6.72. The second-order valence-corrected chi connectivity index (χ2v) is 9.57. The Balaban J connectivity index is 1.85. The van der Waals surface area contributed by atoms with Gasteiger partial charge in [-0.25, -0.2) is 8.42 Å². The number of carbonyl (C=O) groups excluding carboxylic acids is 1. The van der Waals surface area contributed by atoms with E-state index in [0.717, 1.165) is 22.5 Å². The zero-order valence-corrected chi connectivity index (χ0v) is 18.8. The number of carbonyl (C=O) groups is 1. The van der Waals surface area contributed by atoms with Crippen LogP contribution in [-0.4, -0.2) is 25.2 Å². The van der Waals surface area contributed by atoms with Crippen LogP contribution >= 0.6 is 11.6 Å². The molecule has 3 aromatic carbocycles. The van der Waals surface area contributed by atoms with Gasteiger partial charge in [0.15, 0.2) is 0 Å². The molecule has 0 aromatic heterocycles. The van der Waals surface area contributed by atoms with Crippen molar-refractivity contribution in [1.82, 2.24) is 9.62 Å². The van der Waals surface area contributed by atoms with Crippen molar-refractivity contribution >= 4 is 27.5 Å². The predicted molar refractivity (Wildman–Crippen MR) is 119 cm³/mol. The molecule has 0 saturated heterocycles. The maximum absolute atomic E-state index is 13.2. The first-order valence-corrected chi connectivity index (χ1v) is 11.6. The molecule has 33 heavy (non-hydrogen) atoms.